The summed E-state index contributed by atoms with van der Waals surface area (Å²) in [5.41, 5.74) is 1.04. The van der Waals surface area contributed by atoms with Crippen molar-refractivity contribution in [2.75, 3.05) is 0 Å². The Morgan fingerprint density at radius 3 is 2.67 bits per heavy atom. The summed E-state index contributed by atoms with van der Waals surface area (Å²) in [5.74, 6) is -1.53. The summed E-state index contributed by atoms with van der Waals surface area (Å²) in [7, 11) is 0. The average Bonchev–Trinajstić information content (AvgIpc) is 2.50. The summed E-state index contributed by atoms with van der Waals surface area (Å²) >= 11 is 0. The highest BCUT2D eigenvalue weighted by molar-refractivity contribution is 5.80. The van der Waals surface area contributed by atoms with E-state index < -0.39 is 11.6 Å². The first kappa shape index (κ1) is 13.5. The topological polar surface area (TPSA) is 42.4 Å². The zero-order valence-corrected chi connectivity index (χ0v) is 10.9. The second kappa shape index (κ2) is 5.46. The first-order chi connectivity index (χ1) is 10.2. The minimum absolute atomic E-state index is 0.0562. The SMILES string of the molecule is OCc1cc2ccccc2nc1Oc1cc(F)ccc1F. The molecule has 0 atom stereocenters. The lowest BCUT2D eigenvalue weighted by molar-refractivity contribution is 0.274. The fourth-order valence-electron chi connectivity index (χ4n) is 2.00. The van der Waals surface area contributed by atoms with Crippen molar-refractivity contribution in [1.82, 2.24) is 4.98 Å². The van der Waals surface area contributed by atoms with Crippen molar-refractivity contribution in [1.29, 1.82) is 0 Å². The molecule has 0 bridgehead atoms. The Morgan fingerprint density at radius 2 is 1.86 bits per heavy atom. The molecule has 0 unspecified atom stereocenters. The minimum atomic E-state index is -0.699. The van der Waals surface area contributed by atoms with E-state index in [1.165, 1.54) is 0 Å². The van der Waals surface area contributed by atoms with Gasteiger partial charge in [-0.3, -0.25) is 0 Å². The van der Waals surface area contributed by atoms with Crippen LogP contribution in [0.2, 0.25) is 0 Å². The maximum atomic E-state index is 13.6. The van der Waals surface area contributed by atoms with Crippen LogP contribution in [0.4, 0.5) is 8.78 Å². The molecule has 1 aromatic heterocycles. The Kier molecular flexibility index (Phi) is 3.50. The van der Waals surface area contributed by atoms with E-state index in [1.54, 1.807) is 18.2 Å². The molecule has 0 saturated heterocycles. The van der Waals surface area contributed by atoms with Gasteiger partial charge in [0.1, 0.15) is 5.82 Å². The highest BCUT2D eigenvalue weighted by atomic mass is 19.1. The van der Waals surface area contributed by atoms with Crippen LogP contribution in [0.25, 0.3) is 10.9 Å². The molecular formula is C16H11F2NO2. The predicted molar refractivity (Wildman–Crippen MR) is 74.1 cm³/mol. The predicted octanol–water partition coefficient (Wildman–Crippen LogP) is 3.80. The van der Waals surface area contributed by atoms with E-state index in [4.69, 9.17) is 4.74 Å². The van der Waals surface area contributed by atoms with Crippen molar-refractivity contribution in [2.24, 2.45) is 0 Å². The summed E-state index contributed by atoms with van der Waals surface area (Å²) < 4.78 is 32.1. The first-order valence-electron chi connectivity index (χ1n) is 6.30. The summed E-state index contributed by atoms with van der Waals surface area (Å²) in [6.45, 7) is -0.315. The van der Waals surface area contributed by atoms with Crippen LogP contribution in [0.15, 0.2) is 48.5 Å². The molecule has 1 heterocycles. The number of rotatable bonds is 3. The number of pyridine rings is 1. The fraction of sp³-hybridized carbons (Fsp3) is 0.0625. The molecule has 2 aromatic carbocycles. The van der Waals surface area contributed by atoms with Gasteiger partial charge in [-0.2, -0.15) is 0 Å². The molecule has 0 saturated carbocycles. The molecule has 0 amide bonds. The number of aliphatic hydroxyl groups is 1. The van der Waals surface area contributed by atoms with Gasteiger partial charge in [0.2, 0.25) is 5.88 Å². The number of fused-ring (bicyclic) bond motifs is 1. The fourth-order valence-corrected chi connectivity index (χ4v) is 2.00. The lowest BCUT2D eigenvalue weighted by atomic mass is 10.1. The molecule has 0 aliphatic rings. The zero-order chi connectivity index (χ0) is 14.8. The zero-order valence-electron chi connectivity index (χ0n) is 10.9. The van der Waals surface area contributed by atoms with Crippen molar-refractivity contribution in [2.45, 2.75) is 6.61 Å². The summed E-state index contributed by atoms with van der Waals surface area (Å²) in [4.78, 5) is 4.24. The third kappa shape index (κ3) is 2.68. The Morgan fingerprint density at radius 1 is 1.05 bits per heavy atom. The van der Waals surface area contributed by atoms with Gasteiger partial charge in [0.15, 0.2) is 11.6 Å². The van der Waals surface area contributed by atoms with Crippen molar-refractivity contribution in [3.05, 3.63) is 65.7 Å². The van der Waals surface area contributed by atoms with E-state index in [1.807, 2.05) is 12.1 Å². The van der Waals surface area contributed by atoms with Crippen molar-refractivity contribution < 1.29 is 18.6 Å². The van der Waals surface area contributed by atoms with Crippen LogP contribution in [0.3, 0.4) is 0 Å². The van der Waals surface area contributed by atoms with Gasteiger partial charge in [-0.05, 0) is 24.3 Å². The number of halogens is 2. The van der Waals surface area contributed by atoms with E-state index in [9.17, 15) is 13.9 Å². The molecule has 3 rings (SSSR count). The number of aromatic nitrogens is 1. The lowest BCUT2D eigenvalue weighted by Gasteiger charge is -2.11. The van der Waals surface area contributed by atoms with Crippen molar-refractivity contribution in [3.8, 4) is 11.6 Å². The molecule has 106 valence electrons. The standard InChI is InChI=1S/C16H11F2NO2/c17-12-5-6-13(18)15(8-12)21-16-11(9-20)7-10-3-1-2-4-14(10)19-16/h1-8,20H,9H2. The molecule has 0 aliphatic heterocycles. The van der Waals surface area contributed by atoms with Crippen LogP contribution in [0.1, 0.15) is 5.56 Å². The maximum absolute atomic E-state index is 13.6. The highest BCUT2D eigenvalue weighted by Gasteiger charge is 2.12. The third-order valence-electron chi connectivity index (χ3n) is 3.03. The number of para-hydroxylation sites is 1. The monoisotopic (exact) mass is 287 g/mol. The number of ether oxygens (including phenoxy) is 1. The molecule has 3 nitrogen and oxygen atoms in total. The second-order valence-electron chi connectivity index (χ2n) is 4.48. The number of aliphatic hydroxyl groups excluding tert-OH is 1. The largest absolute Gasteiger partial charge is 0.435 e. The van der Waals surface area contributed by atoms with Gasteiger partial charge in [-0.25, -0.2) is 13.8 Å². The van der Waals surface area contributed by atoms with Crippen LogP contribution in [-0.4, -0.2) is 10.1 Å². The normalized spacial score (nSPS) is 10.8. The maximum Gasteiger partial charge on any atom is 0.225 e. The quantitative estimate of drug-likeness (QED) is 0.796. The van der Waals surface area contributed by atoms with Gasteiger partial charge in [0.05, 0.1) is 12.1 Å². The van der Waals surface area contributed by atoms with Gasteiger partial charge >= 0.3 is 0 Å². The summed E-state index contributed by atoms with van der Waals surface area (Å²) in [5, 5.41) is 10.2. The van der Waals surface area contributed by atoms with Crippen LogP contribution in [0, 0.1) is 11.6 Å². The molecule has 3 aromatic rings. The van der Waals surface area contributed by atoms with E-state index in [-0.39, 0.29) is 18.2 Å². The van der Waals surface area contributed by atoms with Crippen LogP contribution >= 0.6 is 0 Å². The Hall–Kier alpha value is -2.53. The molecule has 21 heavy (non-hydrogen) atoms. The first-order valence-corrected chi connectivity index (χ1v) is 6.30. The van der Waals surface area contributed by atoms with Gasteiger partial charge in [-0.1, -0.05) is 18.2 Å². The highest BCUT2D eigenvalue weighted by Crippen LogP contribution is 2.29. The average molecular weight is 287 g/mol. The van der Waals surface area contributed by atoms with E-state index >= 15 is 0 Å². The molecule has 0 aliphatic carbocycles. The van der Waals surface area contributed by atoms with Gasteiger partial charge in [-0.15, -0.1) is 0 Å². The molecular weight excluding hydrogens is 276 g/mol. The van der Waals surface area contributed by atoms with E-state index in [0.717, 1.165) is 23.6 Å². The van der Waals surface area contributed by atoms with E-state index in [0.29, 0.717) is 11.1 Å². The third-order valence-corrected chi connectivity index (χ3v) is 3.03. The second-order valence-corrected chi connectivity index (χ2v) is 4.48. The summed E-state index contributed by atoms with van der Waals surface area (Å²) in [6, 6.07) is 11.9. The molecule has 5 heteroatoms. The van der Waals surface area contributed by atoms with Crippen LogP contribution < -0.4 is 4.74 Å². The van der Waals surface area contributed by atoms with Crippen molar-refractivity contribution in [3.63, 3.8) is 0 Å². The molecule has 1 N–H and O–H groups in total. The Bertz CT molecular complexity index is 805. The smallest absolute Gasteiger partial charge is 0.225 e. The van der Waals surface area contributed by atoms with Gasteiger partial charge < -0.3 is 9.84 Å². The molecule has 0 spiro atoms. The number of hydrogen-bond acceptors (Lipinski definition) is 3. The van der Waals surface area contributed by atoms with Crippen LogP contribution in [0.5, 0.6) is 11.6 Å². The minimum Gasteiger partial charge on any atom is -0.435 e. The lowest BCUT2D eigenvalue weighted by Crippen LogP contribution is -1.97. The van der Waals surface area contributed by atoms with Crippen molar-refractivity contribution >= 4 is 10.9 Å². The summed E-state index contributed by atoms with van der Waals surface area (Å²) in [6.07, 6.45) is 0. The molecule has 0 fully saturated rings. The van der Waals surface area contributed by atoms with E-state index in [2.05, 4.69) is 4.98 Å². The van der Waals surface area contributed by atoms with Crippen LogP contribution in [-0.2, 0) is 6.61 Å². The Balaban J connectivity index is 2.08. The van der Waals surface area contributed by atoms with Gasteiger partial charge in [0, 0.05) is 17.0 Å². The Labute approximate surface area is 119 Å². The number of hydrogen-bond donors (Lipinski definition) is 1. The molecule has 0 radical (unpaired) electrons. The number of benzene rings is 2. The number of nitrogens with zero attached hydrogens (tertiary/aromatic N) is 1. The van der Waals surface area contributed by atoms with Gasteiger partial charge in [0.25, 0.3) is 0 Å².